The molecule has 92 valence electrons. The van der Waals surface area contributed by atoms with E-state index < -0.39 is 0 Å². The number of benzene rings is 1. The van der Waals surface area contributed by atoms with E-state index in [4.69, 9.17) is 0 Å². The first-order valence-electron chi connectivity index (χ1n) is 5.99. The van der Waals surface area contributed by atoms with Crippen LogP contribution in [0.4, 0.5) is 5.69 Å². The highest BCUT2D eigenvalue weighted by molar-refractivity contribution is 5.90. The average molecular weight is 240 g/mol. The van der Waals surface area contributed by atoms with Crippen LogP contribution in [-0.4, -0.2) is 10.9 Å². The van der Waals surface area contributed by atoms with E-state index in [1.165, 1.54) is 11.1 Å². The number of carbonyl (C=O) groups excluding carboxylic acids is 1. The van der Waals surface area contributed by atoms with Gasteiger partial charge in [-0.15, -0.1) is 0 Å². The van der Waals surface area contributed by atoms with Crippen LogP contribution >= 0.6 is 0 Å². The molecule has 1 heterocycles. The van der Waals surface area contributed by atoms with Crippen LogP contribution in [0.3, 0.4) is 0 Å². The monoisotopic (exact) mass is 240 g/mol. The highest BCUT2D eigenvalue weighted by Crippen LogP contribution is 2.08. The molecule has 0 saturated carbocycles. The van der Waals surface area contributed by atoms with E-state index in [2.05, 4.69) is 41.5 Å². The zero-order chi connectivity index (χ0) is 12.8. The molecule has 3 heteroatoms. The number of carbonyl (C=O) groups is 1. The van der Waals surface area contributed by atoms with Crippen LogP contribution in [0.15, 0.2) is 48.8 Å². The lowest BCUT2D eigenvalue weighted by Crippen LogP contribution is -2.12. The van der Waals surface area contributed by atoms with Crippen LogP contribution in [0, 0.1) is 6.92 Å². The molecule has 0 spiro atoms. The summed E-state index contributed by atoms with van der Waals surface area (Å²) < 4.78 is 0. The van der Waals surface area contributed by atoms with E-state index in [1.54, 1.807) is 18.5 Å². The molecular formula is C15H16N2O. The summed E-state index contributed by atoms with van der Waals surface area (Å²) in [7, 11) is 0. The Morgan fingerprint density at radius 1 is 1.22 bits per heavy atom. The Labute approximate surface area is 107 Å². The summed E-state index contributed by atoms with van der Waals surface area (Å²) in [4.78, 5) is 15.7. The second kappa shape index (κ2) is 5.96. The minimum absolute atomic E-state index is 0.0172. The Morgan fingerprint density at radius 3 is 2.67 bits per heavy atom. The Bertz CT molecular complexity index is 506. The van der Waals surface area contributed by atoms with E-state index >= 15 is 0 Å². The number of pyridine rings is 1. The summed E-state index contributed by atoms with van der Waals surface area (Å²) in [5, 5.41) is 2.82. The maximum Gasteiger partial charge on any atom is 0.224 e. The number of amides is 1. The third kappa shape index (κ3) is 3.70. The van der Waals surface area contributed by atoms with Gasteiger partial charge in [-0.05, 0) is 31.0 Å². The van der Waals surface area contributed by atoms with E-state index in [0.29, 0.717) is 6.42 Å². The molecule has 0 bridgehead atoms. The molecule has 0 aliphatic carbocycles. The fraction of sp³-hybridized carbons (Fsp3) is 0.200. The zero-order valence-corrected chi connectivity index (χ0v) is 10.4. The highest BCUT2D eigenvalue weighted by Gasteiger charge is 2.02. The van der Waals surface area contributed by atoms with Gasteiger partial charge in [0.25, 0.3) is 0 Å². The number of aromatic nitrogens is 1. The zero-order valence-electron chi connectivity index (χ0n) is 10.4. The van der Waals surface area contributed by atoms with Crippen molar-refractivity contribution in [1.82, 2.24) is 4.98 Å². The lowest BCUT2D eigenvalue weighted by atomic mass is 10.1. The van der Waals surface area contributed by atoms with Gasteiger partial charge in [0.2, 0.25) is 5.91 Å². The second-order valence-electron chi connectivity index (χ2n) is 4.28. The van der Waals surface area contributed by atoms with Gasteiger partial charge in [0.05, 0.1) is 11.9 Å². The van der Waals surface area contributed by atoms with Gasteiger partial charge in [-0.25, -0.2) is 0 Å². The summed E-state index contributed by atoms with van der Waals surface area (Å²) in [5.74, 6) is 0.0172. The van der Waals surface area contributed by atoms with Crippen molar-refractivity contribution in [2.75, 3.05) is 5.32 Å². The fourth-order valence-electron chi connectivity index (χ4n) is 1.67. The number of aryl methyl sites for hydroxylation is 2. The Morgan fingerprint density at radius 2 is 2.00 bits per heavy atom. The molecule has 0 radical (unpaired) electrons. The molecule has 0 aliphatic heterocycles. The molecule has 18 heavy (non-hydrogen) atoms. The fourth-order valence-corrected chi connectivity index (χ4v) is 1.67. The smallest absolute Gasteiger partial charge is 0.224 e. The molecule has 0 fully saturated rings. The highest BCUT2D eigenvalue weighted by atomic mass is 16.1. The van der Waals surface area contributed by atoms with Crippen LogP contribution in [0.5, 0.6) is 0 Å². The summed E-state index contributed by atoms with van der Waals surface area (Å²) in [6.07, 6.45) is 4.57. The van der Waals surface area contributed by atoms with Gasteiger partial charge in [-0.2, -0.15) is 0 Å². The van der Waals surface area contributed by atoms with Gasteiger partial charge in [0.15, 0.2) is 0 Å². The predicted molar refractivity (Wildman–Crippen MR) is 72.4 cm³/mol. The van der Waals surface area contributed by atoms with Crippen molar-refractivity contribution in [2.45, 2.75) is 19.8 Å². The molecule has 0 saturated heterocycles. The molecule has 2 aromatic rings. The quantitative estimate of drug-likeness (QED) is 0.892. The molecule has 2 rings (SSSR count). The maximum absolute atomic E-state index is 11.7. The van der Waals surface area contributed by atoms with Gasteiger partial charge in [-0.1, -0.05) is 29.8 Å². The van der Waals surface area contributed by atoms with Crippen LogP contribution in [-0.2, 0) is 11.2 Å². The first kappa shape index (κ1) is 12.3. The largest absolute Gasteiger partial charge is 0.325 e. The molecule has 3 nitrogen and oxygen atoms in total. The molecule has 1 aromatic carbocycles. The summed E-state index contributed by atoms with van der Waals surface area (Å²) in [6, 6.07) is 11.9. The first-order chi connectivity index (χ1) is 8.74. The SMILES string of the molecule is Cc1ccc(CCC(=O)Nc2cccnc2)cc1. The first-order valence-corrected chi connectivity index (χ1v) is 5.99. The van der Waals surface area contributed by atoms with Crippen molar-refractivity contribution in [3.8, 4) is 0 Å². The molecule has 1 N–H and O–H groups in total. The number of nitrogens with zero attached hydrogens (tertiary/aromatic N) is 1. The number of anilines is 1. The van der Waals surface area contributed by atoms with Gasteiger partial charge < -0.3 is 5.32 Å². The summed E-state index contributed by atoms with van der Waals surface area (Å²) in [5.41, 5.74) is 3.16. The number of hydrogen-bond acceptors (Lipinski definition) is 2. The third-order valence-electron chi connectivity index (χ3n) is 2.71. The average Bonchev–Trinajstić information content (AvgIpc) is 2.39. The summed E-state index contributed by atoms with van der Waals surface area (Å²) >= 11 is 0. The topological polar surface area (TPSA) is 42.0 Å². The molecule has 1 aromatic heterocycles. The Hall–Kier alpha value is -2.16. The minimum atomic E-state index is 0.0172. The molecular weight excluding hydrogens is 224 g/mol. The van der Waals surface area contributed by atoms with E-state index in [0.717, 1.165) is 12.1 Å². The lowest BCUT2D eigenvalue weighted by Gasteiger charge is -2.04. The number of nitrogens with one attached hydrogen (secondary N) is 1. The molecule has 1 amide bonds. The van der Waals surface area contributed by atoms with E-state index in [1.807, 2.05) is 6.07 Å². The van der Waals surface area contributed by atoms with E-state index in [-0.39, 0.29) is 5.91 Å². The summed E-state index contributed by atoms with van der Waals surface area (Å²) in [6.45, 7) is 2.05. The normalized spacial score (nSPS) is 10.1. The maximum atomic E-state index is 11.7. The van der Waals surface area contributed by atoms with Gasteiger partial charge in [0.1, 0.15) is 0 Å². The number of rotatable bonds is 4. The number of hydrogen-bond donors (Lipinski definition) is 1. The molecule has 0 aliphatic rings. The van der Waals surface area contributed by atoms with Crippen molar-refractivity contribution < 1.29 is 4.79 Å². The van der Waals surface area contributed by atoms with Crippen molar-refractivity contribution in [1.29, 1.82) is 0 Å². The van der Waals surface area contributed by atoms with Crippen LogP contribution in [0.2, 0.25) is 0 Å². The van der Waals surface area contributed by atoms with Gasteiger partial charge in [-0.3, -0.25) is 9.78 Å². The Kier molecular flexibility index (Phi) is 4.07. The van der Waals surface area contributed by atoms with Crippen LogP contribution < -0.4 is 5.32 Å². The van der Waals surface area contributed by atoms with Crippen molar-refractivity contribution >= 4 is 11.6 Å². The van der Waals surface area contributed by atoms with Crippen molar-refractivity contribution in [3.63, 3.8) is 0 Å². The van der Waals surface area contributed by atoms with Crippen molar-refractivity contribution in [3.05, 3.63) is 59.9 Å². The van der Waals surface area contributed by atoms with E-state index in [9.17, 15) is 4.79 Å². The molecule has 0 unspecified atom stereocenters. The Balaban J connectivity index is 1.83. The predicted octanol–water partition coefficient (Wildman–Crippen LogP) is 2.96. The van der Waals surface area contributed by atoms with Crippen molar-refractivity contribution in [2.24, 2.45) is 0 Å². The van der Waals surface area contributed by atoms with Gasteiger partial charge >= 0.3 is 0 Å². The minimum Gasteiger partial charge on any atom is -0.325 e. The second-order valence-corrected chi connectivity index (χ2v) is 4.28. The standard InChI is InChI=1S/C15H16N2O/c1-12-4-6-13(7-5-12)8-9-15(18)17-14-3-2-10-16-11-14/h2-7,10-11H,8-9H2,1H3,(H,17,18). The molecule has 0 atom stereocenters. The van der Waals surface area contributed by atoms with Gasteiger partial charge in [0, 0.05) is 12.6 Å². The van der Waals surface area contributed by atoms with Crippen LogP contribution in [0.25, 0.3) is 0 Å². The lowest BCUT2D eigenvalue weighted by molar-refractivity contribution is -0.116. The van der Waals surface area contributed by atoms with Crippen LogP contribution in [0.1, 0.15) is 17.5 Å². The third-order valence-corrected chi connectivity index (χ3v) is 2.71.